The molecule has 19 heteroatoms. The van der Waals surface area contributed by atoms with Crippen LogP contribution in [0.4, 0.5) is 74.6 Å². The molecule has 0 fully saturated rings. The van der Waals surface area contributed by atoms with Gasteiger partial charge < -0.3 is 4.74 Å². The van der Waals surface area contributed by atoms with Gasteiger partial charge in [0.2, 0.25) is 5.83 Å². The number of alkyl halides is 16. The molecule has 0 aliphatic heterocycles. The van der Waals surface area contributed by atoms with Gasteiger partial charge in [-0.05, 0) is 0 Å². The average molecular weight is 504 g/mol. The van der Waals surface area contributed by atoms with Crippen molar-refractivity contribution in [3.05, 3.63) is 12.4 Å². The van der Waals surface area contributed by atoms with E-state index in [9.17, 15) is 79.4 Å². The molecule has 0 amide bonds. The topological polar surface area (TPSA) is 26.3 Å². The quantitative estimate of drug-likeness (QED) is 0.216. The Bertz CT molecular complexity index is 695. The predicted molar refractivity (Wildman–Crippen MR) is 61.8 cm³/mol. The Kier molecular flexibility index (Phi) is 7.36. The molecule has 0 heterocycles. The third-order valence-corrected chi connectivity index (χ3v) is 3.34. The maximum Gasteiger partial charge on any atom is 0.385 e. The first-order chi connectivity index (χ1) is 13.3. The van der Waals surface area contributed by atoms with E-state index in [0.717, 1.165) is 0 Å². The van der Waals surface area contributed by atoms with Crippen molar-refractivity contribution >= 4 is 5.97 Å². The third kappa shape index (κ3) is 4.10. The summed E-state index contributed by atoms with van der Waals surface area (Å²) in [5.41, 5.74) is 0. The van der Waals surface area contributed by atoms with Gasteiger partial charge in [0, 0.05) is 0 Å². The van der Waals surface area contributed by atoms with E-state index in [4.69, 9.17) is 0 Å². The van der Waals surface area contributed by atoms with Crippen LogP contribution in [0, 0.1) is 0 Å². The van der Waals surface area contributed by atoms with Gasteiger partial charge in [0.05, 0.1) is 0 Å². The molecule has 0 radical (unpaired) electrons. The van der Waals surface area contributed by atoms with E-state index < -0.39 is 66.3 Å². The lowest BCUT2D eigenvalue weighted by molar-refractivity contribution is -0.447. The van der Waals surface area contributed by atoms with E-state index in [-0.39, 0.29) is 0 Å². The maximum absolute atomic E-state index is 13.3. The largest absolute Gasteiger partial charge is 0.454 e. The Morgan fingerprint density at radius 2 is 1.00 bits per heavy atom. The smallest absolute Gasteiger partial charge is 0.385 e. The number of ether oxygens (including phenoxy) is 1. The number of hydrogen-bond donors (Lipinski definition) is 0. The fourth-order valence-electron chi connectivity index (χ4n) is 1.49. The van der Waals surface area contributed by atoms with Crippen LogP contribution in [0.25, 0.3) is 0 Å². The van der Waals surface area contributed by atoms with Crippen LogP contribution >= 0.6 is 0 Å². The normalized spacial score (nSPS) is 15.3. The van der Waals surface area contributed by atoms with E-state index in [2.05, 4.69) is 4.74 Å². The van der Waals surface area contributed by atoms with Gasteiger partial charge in [-0.2, -0.15) is 65.9 Å². The second-order valence-corrected chi connectivity index (χ2v) is 5.48. The Balaban J connectivity index is 6.43. The summed E-state index contributed by atoms with van der Waals surface area (Å²) in [5, 5.41) is 0. The monoisotopic (exact) mass is 504 g/mol. The molecule has 0 spiro atoms. The van der Waals surface area contributed by atoms with E-state index in [1.165, 1.54) is 0 Å². The summed E-state index contributed by atoms with van der Waals surface area (Å²) in [4.78, 5) is 10.4. The fraction of sp³-hybridized carbons (Fsp3) is 0.750. The van der Waals surface area contributed by atoms with Crippen molar-refractivity contribution < 1.29 is 84.2 Å². The van der Waals surface area contributed by atoms with Crippen molar-refractivity contribution in [3.8, 4) is 0 Å². The highest BCUT2D eigenvalue weighted by atomic mass is 19.4. The summed E-state index contributed by atoms with van der Waals surface area (Å²) in [6.07, 6.45) is -5.94. The van der Waals surface area contributed by atoms with Crippen LogP contribution in [0.2, 0.25) is 0 Å². The molecule has 0 saturated carbocycles. The molecule has 0 unspecified atom stereocenters. The molecule has 184 valence electrons. The molecule has 0 aromatic rings. The van der Waals surface area contributed by atoms with Crippen LogP contribution in [-0.4, -0.2) is 60.5 Å². The highest BCUT2D eigenvalue weighted by Crippen LogP contribution is 2.62. The molecule has 0 N–H and O–H groups in total. The molecule has 31 heavy (non-hydrogen) atoms. The number of rotatable bonds is 10. The zero-order valence-corrected chi connectivity index (χ0v) is 13.7. The van der Waals surface area contributed by atoms with Crippen molar-refractivity contribution in [1.29, 1.82) is 0 Å². The summed E-state index contributed by atoms with van der Waals surface area (Å²) in [5.74, 6) is -60.9. The summed E-state index contributed by atoms with van der Waals surface area (Å²) < 4.78 is 222. The molecule has 0 aliphatic carbocycles. The Labute approximate surface area is 158 Å². The molecular weight excluding hydrogens is 499 g/mol. The second kappa shape index (κ2) is 7.86. The van der Waals surface area contributed by atoms with Gasteiger partial charge in [0.25, 0.3) is 0 Å². The zero-order valence-electron chi connectivity index (χ0n) is 13.7. The van der Waals surface area contributed by atoms with Gasteiger partial charge >= 0.3 is 53.9 Å². The molecule has 0 atom stereocenters. The maximum atomic E-state index is 13.3. The predicted octanol–water partition coefficient (Wildman–Crippen LogP) is 5.73. The first kappa shape index (κ1) is 29.0. The highest BCUT2D eigenvalue weighted by Gasteiger charge is 2.93. The molecular formula is C12H5F17O2. The van der Waals surface area contributed by atoms with Crippen molar-refractivity contribution in [1.82, 2.24) is 0 Å². The Hall–Kier alpha value is -1.98. The van der Waals surface area contributed by atoms with Crippen molar-refractivity contribution in [3.63, 3.8) is 0 Å². The first-order valence-electron chi connectivity index (χ1n) is 6.71. The highest BCUT2D eigenvalue weighted by molar-refractivity contribution is 5.85. The third-order valence-electron chi connectivity index (χ3n) is 3.34. The van der Waals surface area contributed by atoms with Gasteiger partial charge in [-0.1, -0.05) is 6.58 Å². The SMILES string of the molecule is C=C(F)C(=O)OCC(F)(F)C(F)(F)C(F)(F)C(F)(F)C(F)(F)C(F)(F)C(F)(F)C(F)F. The second-order valence-electron chi connectivity index (χ2n) is 5.48. The molecule has 0 aromatic carbocycles. The Morgan fingerprint density at radius 1 is 0.677 bits per heavy atom. The lowest BCUT2D eigenvalue weighted by Gasteiger charge is -2.42. The number of halogens is 17. The lowest BCUT2D eigenvalue weighted by Crippen LogP contribution is -2.74. The molecule has 0 rings (SSSR count). The molecule has 2 nitrogen and oxygen atoms in total. The zero-order chi connectivity index (χ0) is 25.6. The van der Waals surface area contributed by atoms with Crippen molar-refractivity contribution in [2.24, 2.45) is 0 Å². The van der Waals surface area contributed by atoms with Crippen molar-refractivity contribution in [2.75, 3.05) is 6.61 Å². The molecule has 0 bridgehead atoms. The number of carbonyl (C=O) groups is 1. The summed E-state index contributed by atoms with van der Waals surface area (Å²) in [6.45, 7) is -1.41. The van der Waals surface area contributed by atoms with Gasteiger partial charge in [-0.15, -0.1) is 0 Å². The van der Waals surface area contributed by atoms with E-state index in [1.54, 1.807) is 0 Å². The summed E-state index contributed by atoms with van der Waals surface area (Å²) >= 11 is 0. The number of esters is 1. The number of hydrogen-bond acceptors (Lipinski definition) is 2. The van der Waals surface area contributed by atoms with Crippen LogP contribution in [-0.2, 0) is 9.53 Å². The summed E-state index contributed by atoms with van der Waals surface area (Å²) in [7, 11) is 0. The molecule has 0 aliphatic rings. The molecule has 0 aromatic heterocycles. The fourth-order valence-corrected chi connectivity index (χ4v) is 1.49. The standard InChI is InChI=1S/C12H5F17O2/c1-3(13)4(30)31-2-6(16,17)8(20,21)10(24,25)12(28,29)11(26,27)9(22,23)7(18,19)5(14)15/h5H,1-2H2. The molecule has 0 saturated heterocycles. The van der Waals surface area contributed by atoms with Gasteiger partial charge in [0.15, 0.2) is 6.61 Å². The van der Waals surface area contributed by atoms with Gasteiger partial charge in [-0.3, -0.25) is 0 Å². The van der Waals surface area contributed by atoms with Gasteiger partial charge in [0.1, 0.15) is 0 Å². The van der Waals surface area contributed by atoms with E-state index in [1.807, 2.05) is 6.58 Å². The number of carbonyl (C=O) groups excluding carboxylic acids is 1. The van der Waals surface area contributed by atoms with E-state index in [0.29, 0.717) is 0 Å². The average Bonchev–Trinajstić information content (AvgIpc) is 2.58. The van der Waals surface area contributed by atoms with Crippen LogP contribution in [0.15, 0.2) is 12.4 Å². The van der Waals surface area contributed by atoms with Gasteiger partial charge in [-0.25, -0.2) is 13.6 Å². The minimum atomic E-state index is -8.55. The van der Waals surface area contributed by atoms with Crippen LogP contribution in [0.5, 0.6) is 0 Å². The summed E-state index contributed by atoms with van der Waals surface area (Å²) in [6, 6.07) is 0. The van der Waals surface area contributed by atoms with E-state index >= 15 is 0 Å². The van der Waals surface area contributed by atoms with Crippen molar-refractivity contribution in [2.45, 2.75) is 47.9 Å². The first-order valence-corrected chi connectivity index (χ1v) is 6.71. The minimum absolute atomic E-state index is 2.05. The lowest BCUT2D eigenvalue weighted by atomic mass is 9.89. The Morgan fingerprint density at radius 3 is 1.32 bits per heavy atom. The van der Waals surface area contributed by atoms with Crippen LogP contribution < -0.4 is 0 Å². The van der Waals surface area contributed by atoms with Crippen LogP contribution in [0.3, 0.4) is 0 Å². The van der Waals surface area contributed by atoms with Crippen LogP contribution in [0.1, 0.15) is 0 Å². The minimum Gasteiger partial charge on any atom is -0.454 e.